The van der Waals surface area contributed by atoms with Crippen LogP contribution in [0, 0.1) is 0 Å². The molecule has 2 aromatic carbocycles. The number of benzene rings is 2. The molecule has 3 amide bonds. The van der Waals surface area contributed by atoms with Crippen LogP contribution in [0.25, 0.3) is 11.1 Å². The third kappa shape index (κ3) is 11.7. The van der Waals surface area contributed by atoms with Gasteiger partial charge in [0.15, 0.2) is 0 Å². The molecule has 1 aliphatic rings. The van der Waals surface area contributed by atoms with Gasteiger partial charge in [0.05, 0.1) is 0 Å². The van der Waals surface area contributed by atoms with Gasteiger partial charge in [0.2, 0.25) is 11.8 Å². The minimum Gasteiger partial charge on any atom is -0.449 e. The van der Waals surface area contributed by atoms with Crippen molar-refractivity contribution >= 4 is 17.9 Å². The van der Waals surface area contributed by atoms with E-state index in [2.05, 4.69) is 40.2 Å². The summed E-state index contributed by atoms with van der Waals surface area (Å²) in [6.45, 7) is 3.31. The van der Waals surface area contributed by atoms with Crippen LogP contribution in [-0.4, -0.2) is 45.7 Å². The van der Waals surface area contributed by atoms with Gasteiger partial charge in [0.25, 0.3) is 0 Å². The Hall–Kier alpha value is -3.35. The van der Waals surface area contributed by atoms with E-state index in [-0.39, 0.29) is 53.5 Å². The average Bonchev–Trinajstić information content (AvgIpc) is 3.06. The standard InChI is InChI=1S/C16H15NO2.2C3H7NO.4CH4/c1-17-16(18)19-10-15-13-8-4-2-6-11(13)12-7-3-5-9-14(12)15;2*1-3(5)4-2;;;;/h2-9,15H,10H2,1H3,(H,17,18);2*1-2H3,(H,4,5);4*1H4. The second kappa shape index (κ2) is 19.3. The molecule has 0 radical (unpaired) electrons. The van der Waals surface area contributed by atoms with E-state index in [0.717, 1.165) is 0 Å². The van der Waals surface area contributed by atoms with E-state index >= 15 is 0 Å². The van der Waals surface area contributed by atoms with Crippen LogP contribution in [0.1, 0.15) is 60.6 Å². The summed E-state index contributed by atoms with van der Waals surface area (Å²) in [4.78, 5) is 30.7. The van der Waals surface area contributed by atoms with Crippen LogP contribution >= 0.6 is 0 Å². The quantitative estimate of drug-likeness (QED) is 0.570. The summed E-state index contributed by atoms with van der Waals surface area (Å²) in [6, 6.07) is 16.6. The predicted octanol–water partition coefficient (Wildman–Crippen LogP) is 5.20. The molecule has 0 saturated carbocycles. The Bertz CT molecular complexity index is 778. The number of amides is 3. The molecule has 1 aliphatic carbocycles. The summed E-state index contributed by atoms with van der Waals surface area (Å²) in [5.74, 6) is 0.139. The zero-order valence-corrected chi connectivity index (χ0v) is 17.5. The SMILES string of the molecule is C.C.C.C.CNC(=O)OCC1c2ccccc2-c2ccccc21.CNC(C)=O.CNC(C)=O. The number of ether oxygens (including phenoxy) is 1. The van der Waals surface area contributed by atoms with Crippen molar-refractivity contribution in [3.63, 3.8) is 0 Å². The predicted molar refractivity (Wildman–Crippen MR) is 141 cm³/mol. The maximum Gasteiger partial charge on any atom is 0.406 e. The van der Waals surface area contributed by atoms with E-state index < -0.39 is 0 Å². The lowest BCUT2D eigenvalue weighted by atomic mass is 9.98. The van der Waals surface area contributed by atoms with Crippen LogP contribution in [0.15, 0.2) is 48.5 Å². The number of nitrogens with one attached hydrogen (secondary N) is 3. The second-order valence-electron chi connectivity index (χ2n) is 6.19. The molecular formula is C26H45N3O4. The second-order valence-corrected chi connectivity index (χ2v) is 6.19. The van der Waals surface area contributed by atoms with Crippen LogP contribution in [0.4, 0.5) is 4.79 Å². The van der Waals surface area contributed by atoms with Gasteiger partial charge in [-0.15, -0.1) is 0 Å². The zero-order valence-electron chi connectivity index (χ0n) is 17.5. The van der Waals surface area contributed by atoms with E-state index in [1.807, 2.05) is 24.3 Å². The largest absolute Gasteiger partial charge is 0.449 e. The van der Waals surface area contributed by atoms with Crippen molar-refractivity contribution in [3.05, 3.63) is 59.7 Å². The highest BCUT2D eigenvalue weighted by Gasteiger charge is 2.28. The van der Waals surface area contributed by atoms with Gasteiger partial charge in [-0.25, -0.2) is 4.79 Å². The first kappa shape index (κ1) is 37.0. The first-order valence-corrected chi connectivity index (χ1v) is 9.25. The summed E-state index contributed by atoms with van der Waals surface area (Å²) in [7, 11) is 4.77. The molecule has 0 spiro atoms. The van der Waals surface area contributed by atoms with Crippen molar-refractivity contribution in [2.24, 2.45) is 0 Å². The Morgan fingerprint density at radius 1 is 0.697 bits per heavy atom. The molecule has 0 heterocycles. The number of carbonyl (C=O) groups excluding carboxylic acids is 3. The van der Waals surface area contributed by atoms with Crippen molar-refractivity contribution in [2.45, 2.75) is 49.5 Å². The molecular weight excluding hydrogens is 418 g/mol. The van der Waals surface area contributed by atoms with E-state index in [1.54, 1.807) is 21.1 Å². The molecule has 0 fully saturated rings. The number of hydrogen-bond donors (Lipinski definition) is 3. The van der Waals surface area contributed by atoms with E-state index in [4.69, 9.17) is 4.74 Å². The number of alkyl carbamates (subject to hydrolysis) is 1. The van der Waals surface area contributed by atoms with Gasteiger partial charge in [-0.05, 0) is 22.3 Å². The summed E-state index contributed by atoms with van der Waals surface area (Å²) in [6.07, 6.45) is -0.387. The topological polar surface area (TPSA) is 96.5 Å². The Labute approximate surface area is 201 Å². The van der Waals surface area contributed by atoms with E-state index in [0.29, 0.717) is 6.61 Å². The molecule has 7 nitrogen and oxygen atoms in total. The highest BCUT2D eigenvalue weighted by Crippen LogP contribution is 2.44. The summed E-state index contributed by atoms with van der Waals surface area (Å²) in [5.41, 5.74) is 4.94. The van der Waals surface area contributed by atoms with Crippen LogP contribution < -0.4 is 16.0 Å². The lowest BCUT2D eigenvalue weighted by Gasteiger charge is -2.13. The van der Waals surface area contributed by atoms with Gasteiger partial charge in [0.1, 0.15) is 6.61 Å². The van der Waals surface area contributed by atoms with Gasteiger partial charge < -0.3 is 20.7 Å². The third-order valence-corrected chi connectivity index (χ3v) is 4.25. The van der Waals surface area contributed by atoms with E-state index in [1.165, 1.54) is 36.1 Å². The smallest absolute Gasteiger partial charge is 0.406 e. The van der Waals surface area contributed by atoms with Crippen molar-refractivity contribution in [2.75, 3.05) is 27.7 Å². The van der Waals surface area contributed by atoms with Gasteiger partial charge >= 0.3 is 6.09 Å². The fourth-order valence-corrected chi connectivity index (χ4v) is 2.67. The maximum absolute atomic E-state index is 11.3. The highest BCUT2D eigenvalue weighted by molar-refractivity contribution is 5.79. The Kier molecular flexibility index (Phi) is 21.7. The number of hydrogen-bond acceptors (Lipinski definition) is 4. The van der Waals surface area contributed by atoms with Crippen molar-refractivity contribution in [3.8, 4) is 11.1 Å². The van der Waals surface area contributed by atoms with Crippen LogP contribution in [0.5, 0.6) is 0 Å². The lowest BCUT2D eigenvalue weighted by Crippen LogP contribution is -2.21. The van der Waals surface area contributed by atoms with Crippen molar-refractivity contribution in [1.82, 2.24) is 16.0 Å². The summed E-state index contributed by atoms with van der Waals surface area (Å²) < 4.78 is 5.24. The third-order valence-electron chi connectivity index (χ3n) is 4.25. The molecule has 2 aromatic rings. The van der Waals surface area contributed by atoms with Crippen molar-refractivity contribution in [1.29, 1.82) is 0 Å². The fraction of sp³-hybridized carbons (Fsp3) is 0.423. The minimum atomic E-state index is -0.387. The Morgan fingerprint density at radius 3 is 1.33 bits per heavy atom. The van der Waals surface area contributed by atoms with Crippen LogP contribution in [-0.2, 0) is 14.3 Å². The Morgan fingerprint density at radius 2 is 1.03 bits per heavy atom. The molecule has 7 heteroatoms. The molecule has 0 aromatic heterocycles. The minimum absolute atomic E-state index is 0. The summed E-state index contributed by atoms with van der Waals surface area (Å²) in [5, 5.41) is 7.25. The van der Waals surface area contributed by atoms with Crippen LogP contribution in [0.2, 0.25) is 0 Å². The first-order chi connectivity index (χ1) is 13.8. The molecule has 33 heavy (non-hydrogen) atoms. The van der Waals surface area contributed by atoms with Gasteiger partial charge in [-0.3, -0.25) is 9.59 Å². The molecule has 188 valence electrons. The molecule has 3 rings (SSSR count). The van der Waals surface area contributed by atoms with Crippen LogP contribution in [0.3, 0.4) is 0 Å². The molecule has 0 aliphatic heterocycles. The Balaban J connectivity index is -0.000000259. The molecule has 0 unspecified atom stereocenters. The van der Waals surface area contributed by atoms with E-state index in [9.17, 15) is 14.4 Å². The zero-order chi connectivity index (χ0) is 21.8. The molecule has 0 bridgehead atoms. The normalized spacial score (nSPS) is 9.36. The van der Waals surface area contributed by atoms with Gasteiger partial charge in [-0.2, -0.15) is 0 Å². The number of fused-ring (bicyclic) bond motifs is 3. The molecule has 3 N–H and O–H groups in total. The number of carbonyl (C=O) groups is 3. The maximum atomic E-state index is 11.3. The number of rotatable bonds is 2. The first-order valence-electron chi connectivity index (χ1n) is 9.25. The monoisotopic (exact) mass is 463 g/mol. The summed E-state index contributed by atoms with van der Waals surface area (Å²) >= 11 is 0. The van der Waals surface area contributed by atoms with Gasteiger partial charge in [0, 0.05) is 40.9 Å². The highest BCUT2D eigenvalue weighted by atomic mass is 16.5. The average molecular weight is 464 g/mol. The fourth-order valence-electron chi connectivity index (χ4n) is 2.67. The lowest BCUT2D eigenvalue weighted by molar-refractivity contribution is -0.119. The van der Waals surface area contributed by atoms with Gasteiger partial charge in [-0.1, -0.05) is 78.2 Å². The molecule has 0 atom stereocenters. The van der Waals surface area contributed by atoms with Crippen molar-refractivity contribution < 1.29 is 19.1 Å². The molecule has 0 saturated heterocycles.